The molecule has 4 heteroatoms. The first-order valence-corrected chi connectivity index (χ1v) is 6.84. The predicted octanol–water partition coefficient (Wildman–Crippen LogP) is 2.20. The van der Waals surface area contributed by atoms with Crippen LogP contribution in [0, 0.1) is 0 Å². The Morgan fingerprint density at radius 2 is 2.50 bits per heavy atom. The van der Waals surface area contributed by atoms with Crippen molar-refractivity contribution in [1.82, 2.24) is 4.90 Å². The van der Waals surface area contributed by atoms with Gasteiger partial charge in [-0.25, -0.2) is 0 Å². The van der Waals surface area contributed by atoms with Gasteiger partial charge < -0.3 is 14.3 Å². The summed E-state index contributed by atoms with van der Waals surface area (Å²) >= 11 is 0. The highest BCUT2D eigenvalue weighted by molar-refractivity contribution is 5.02. The molecule has 2 rings (SSSR count). The van der Waals surface area contributed by atoms with Crippen LogP contribution in [0.2, 0.25) is 0 Å². The summed E-state index contributed by atoms with van der Waals surface area (Å²) < 4.78 is 10.6. The molecule has 1 saturated heterocycles. The molecule has 2 unspecified atom stereocenters. The normalized spacial score (nSPS) is 22.4. The smallest absolute Gasteiger partial charge is 0.132 e. The minimum atomic E-state index is -0.488. The molecule has 1 aliphatic heterocycles. The number of aliphatic hydroxyl groups is 1. The van der Waals surface area contributed by atoms with E-state index >= 15 is 0 Å². The summed E-state index contributed by atoms with van der Waals surface area (Å²) in [6.45, 7) is 5.64. The van der Waals surface area contributed by atoms with E-state index in [9.17, 15) is 5.11 Å². The van der Waals surface area contributed by atoms with Crippen LogP contribution in [0.25, 0.3) is 0 Å². The van der Waals surface area contributed by atoms with Crippen molar-refractivity contribution in [3.05, 3.63) is 24.2 Å². The highest BCUT2D eigenvalue weighted by Crippen LogP contribution is 2.27. The Kier molecular flexibility index (Phi) is 5.23. The molecule has 18 heavy (non-hydrogen) atoms. The third-order valence-electron chi connectivity index (χ3n) is 3.59. The van der Waals surface area contributed by atoms with Crippen molar-refractivity contribution < 1.29 is 14.3 Å². The largest absolute Gasteiger partial charge is 0.467 e. The SMILES string of the molecule is CCOCCN1CCCC1CC(O)c1ccco1. The molecule has 0 amide bonds. The minimum absolute atomic E-state index is 0.450. The number of hydrogen-bond acceptors (Lipinski definition) is 4. The van der Waals surface area contributed by atoms with Gasteiger partial charge in [0.25, 0.3) is 0 Å². The summed E-state index contributed by atoms with van der Waals surface area (Å²) in [6, 6.07) is 4.11. The lowest BCUT2D eigenvalue weighted by Crippen LogP contribution is -2.33. The topological polar surface area (TPSA) is 45.8 Å². The standard InChI is InChI=1S/C14H23NO3/c1-2-17-10-8-15-7-3-5-12(15)11-13(16)14-6-4-9-18-14/h4,6,9,12-13,16H,2-3,5,7-8,10-11H2,1H3. The molecule has 0 radical (unpaired) electrons. The van der Waals surface area contributed by atoms with Crippen molar-refractivity contribution in [2.24, 2.45) is 0 Å². The Hall–Kier alpha value is -0.840. The van der Waals surface area contributed by atoms with E-state index < -0.39 is 6.10 Å². The molecule has 4 nitrogen and oxygen atoms in total. The van der Waals surface area contributed by atoms with E-state index in [1.165, 1.54) is 6.42 Å². The van der Waals surface area contributed by atoms with E-state index in [-0.39, 0.29) is 0 Å². The Labute approximate surface area is 109 Å². The van der Waals surface area contributed by atoms with Gasteiger partial charge in [-0.1, -0.05) is 0 Å². The maximum absolute atomic E-state index is 10.1. The molecule has 102 valence electrons. The molecule has 0 aliphatic carbocycles. The third-order valence-corrected chi connectivity index (χ3v) is 3.59. The van der Waals surface area contributed by atoms with Gasteiger partial charge in [0.15, 0.2) is 0 Å². The number of rotatable bonds is 7. The molecular formula is C14H23NO3. The summed E-state index contributed by atoms with van der Waals surface area (Å²) in [6.07, 6.45) is 4.24. The molecule has 0 spiro atoms. The van der Waals surface area contributed by atoms with Crippen molar-refractivity contribution in [2.75, 3.05) is 26.3 Å². The summed E-state index contributed by atoms with van der Waals surface area (Å²) in [4.78, 5) is 2.42. The Morgan fingerprint density at radius 1 is 1.61 bits per heavy atom. The number of hydrogen-bond donors (Lipinski definition) is 1. The van der Waals surface area contributed by atoms with Crippen LogP contribution in [0.5, 0.6) is 0 Å². The van der Waals surface area contributed by atoms with Gasteiger partial charge in [-0.15, -0.1) is 0 Å². The van der Waals surface area contributed by atoms with Gasteiger partial charge in [-0.3, -0.25) is 4.90 Å². The predicted molar refractivity (Wildman–Crippen MR) is 69.4 cm³/mol. The first-order valence-electron chi connectivity index (χ1n) is 6.84. The molecule has 2 heterocycles. The Balaban J connectivity index is 1.80. The lowest BCUT2D eigenvalue weighted by molar-refractivity contribution is 0.0773. The summed E-state index contributed by atoms with van der Waals surface area (Å²) in [5.74, 6) is 0.673. The average molecular weight is 253 g/mol. The summed E-state index contributed by atoms with van der Waals surface area (Å²) in [5, 5.41) is 10.1. The van der Waals surface area contributed by atoms with Crippen molar-refractivity contribution in [1.29, 1.82) is 0 Å². The van der Waals surface area contributed by atoms with Crippen molar-refractivity contribution >= 4 is 0 Å². The van der Waals surface area contributed by atoms with Crippen LogP contribution in [-0.4, -0.2) is 42.4 Å². The van der Waals surface area contributed by atoms with Gasteiger partial charge in [-0.2, -0.15) is 0 Å². The van der Waals surface area contributed by atoms with Crippen LogP contribution in [0.1, 0.15) is 38.1 Å². The Bertz CT molecular complexity index is 326. The van der Waals surface area contributed by atoms with Crippen molar-refractivity contribution in [3.63, 3.8) is 0 Å². The second-order valence-corrected chi connectivity index (χ2v) is 4.80. The number of likely N-dealkylation sites (tertiary alicyclic amines) is 1. The highest BCUT2D eigenvalue weighted by atomic mass is 16.5. The van der Waals surface area contributed by atoms with E-state index in [1.54, 1.807) is 6.26 Å². The molecule has 0 bridgehead atoms. The molecule has 1 fully saturated rings. The van der Waals surface area contributed by atoms with Crippen LogP contribution in [0.15, 0.2) is 22.8 Å². The van der Waals surface area contributed by atoms with E-state index in [2.05, 4.69) is 4.90 Å². The lowest BCUT2D eigenvalue weighted by Gasteiger charge is -2.25. The molecule has 2 atom stereocenters. The highest BCUT2D eigenvalue weighted by Gasteiger charge is 2.27. The van der Waals surface area contributed by atoms with Gasteiger partial charge in [0.05, 0.1) is 12.9 Å². The fourth-order valence-electron chi connectivity index (χ4n) is 2.64. The van der Waals surface area contributed by atoms with Gasteiger partial charge in [0.2, 0.25) is 0 Å². The number of nitrogens with zero attached hydrogens (tertiary/aromatic N) is 1. The molecule has 0 saturated carbocycles. The van der Waals surface area contributed by atoms with E-state index in [0.717, 1.165) is 39.1 Å². The molecule has 1 aromatic heterocycles. The zero-order valence-electron chi connectivity index (χ0n) is 11.0. The molecular weight excluding hydrogens is 230 g/mol. The number of furan rings is 1. The van der Waals surface area contributed by atoms with E-state index in [0.29, 0.717) is 11.8 Å². The molecule has 0 aromatic carbocycles. The van der Waals surface area contributed by atoms with Crippen molar-refractivity contribution in [3.8, 4) is 0 Å². The zero-order chi connectivity index (χ0) is 12.8. The first-order chi connectivity index (χ1) is 8.81. The monoisotopic (exact) mass is 253 g/mol. The molecule has 1 aromatic rings. The minimum Gasteiger partial charge on any atom is -0.467 e. The van der Waals surface area contributed by atoms with Gasteiger partial charge in [-0.05, 0) is 44.9 Å². The van der Waals surface area contributed by atoms with Crippen LogP contribution in [0.3, 0.4) is 0 Å². The van der Waals surface area contributed by atoms with Crippen LogP contribution >= 0.6 is 0 Å². The second-order valence-electron chi connectivity index (χ2n) is 4.80. The van der Waals surface area contributed by atoms with Crippen LogP contribution in [0.4, 0.5) is 0 Å². The van der Waals surface area contributed by atoms with Gasteiger partial charge in [0.1, 0.15) is 11.9 Å². The van der Waals surface area contributed by atoms with Crippen molar-refractivity contribution in [2.45, 2.75) is 38.3 Å². The maximum Gasteiger partial charge on any atom is 0.132 e. The zero-order valence-corrected chi connectivity index (χ0v) is 11.0. The number of ether oxygens (including phenoxy) is 1. The summed E-state index contributed by atoms with van der Waals surface area (Å²) in [7, 11) is 0. The second kappa shape index (κ2) is 6.92. The average Bonchev–Trinajstić information content (AvgIpc) is 3.01. The quantitative estimate of drug-likeness (QED) is 0.757. The van der Waals surface area contributed by atoms with Crippen LogP contribution < -0.4 is 0 Å². The fraction of sp³-hybridized carbons (Fsp3) is 0.714. The maximum atomic E-state index is 10.1. The van der Waals surface area contributed by atoms with Gasteiger partial charge in [0, 0.05) is 19.2 Å². The molecule has 1 N–H and O–H groups in total. The first kappa shape index (κ1) is 13.6. The third kappa shape index (κ3) is 3.57. The number of aliphatic hydroxyl groups excluding tert-OH is 1. The van der Waals surface area contributed by atoms with E-state index in [4.69, 9.17) is 9.15 Å². The van der Waals surface area contributed by atoms with E-state index in [1.807, 2.05) is 19.1 Å². The molecule has 1 aliphatic rings. The van der Waals surface area contributed by atoms with Crippen LogP contribution in [-0.2, 0) is 4.74 Å². The van der Waals surface area contributed by atoms with Gasteiger partial charge >= 0.3 is 0 Å². The summed E-state index contributed by atoms with van der Waals surface area (Å²) in [5.41, 5.74) is 0. The lowest BCUT2D eigenvalue weighted by atomic mass is 10.1. The Morgan fingerprint density at radius 3 is 3.22 bits per heavy atom. The fourth-order valence-corrected chi connectivity index (χ4v) is 2.64.